The fourth-order valence-electron chi connectivity index (χ4n) is 0.317. The van der Waals surface area contributed by atoms with Crippen molar-refractivity contribution in [3.05, 3.63) is 17.9 Å². The highest BCUT2D eigenvalue weighted by molar-refractivity contribution is 5.79. The van der Waals surface area contributed by atoms with Crippen molar-refractivity contribution in [1.29, 1.82) is 0 Å². The monoisotopic (exact) mass is 142 g/mol. The van der Waals surface area contributed by atoms with E-state index in [2.05, 4.69) is 5.73 Å². The van der Waals surface area contributed by atoms with E-state index in [0.29, 0.717) is 0 Å². The predicted octanol–water partition coefficient (Wildman–Crippen LogP) is 0.553. The van der Waals surface area contributed by atoms with Crippen molar-refractivity contribution in [2.45, 2.75) is 19.4 Å². The Labute approximate surface area is 59.3 Å². The van der Waals surface area contributed by atoms with Crippen LogP contribution in [0.15, 0.2) is 17.9 Å². The van der Waals surface area contributed by atoms with Gasteiger partial charge in [-0.1, -0.05) is 0 Å². The van der Waals surface area contributed by atoms with Gasteiger partial charge in [-0.3, -0.25) is 0 Å². The minimum absolute atomic E-state index is 0.845. The SMILES string of the molecule is CC(C)(O)C=C=CC(=O)O. The second kappa shape index (κ2) is 3.20. The number of carboxylic acid groups (broad SMARTS) is 1. The van der Waals surface area contributed by atoms with E-state index in [0.717, 1.165) is 6.08 Å². The molecule has 0 saturated heterocycles. The third-order valence-electron chi connectivity index (χ3n) is 0.643. The Morgan fingerprint density at radius 1 is 1.60 bits per heavy atom. The normalized spacial score (nSPS) is 9.90. The minimum Gasteiger partial charge on any atom is -0.478 e. The lowest BCUT2D eigenvalue weighted by Crippen LogP contribution is -2.12. The van der Waals surface area contributed by atoms with E-state index in [-0.39, 0.29) is 0 Å². The first kappa shape index (κ1) is 8.95. The number of aliphatic hydroxyl groups is 1. The average molecular weight is 142 g/mol. The van der Waals surface area contributed by atoms with Crippen LogP contribution in [0.2, 0.25) is 0 Å². The van der Waals surface area contributed by atoms with Gasteiger partial charge in [-0.25, -0.2) is 4.79 Å². The summed E-state index contributed by atoms with van der Waals surface area (Å²) in [6.07, 6.45) is 2.12. The van der Waals surface area contributed by atoms with Gasteiger partial charge < -0.3 is 10.2 Å². The first-order chi connectivity index (χ1) is 4.42. The lowest BCUT2D eigenvalue weighted by molar-refractivity contribution is -0.131. The highest BCUT2D eigenvalue weighted by Crippen LogP contribution is 1.99. The maximum atomic E-state index is 9.87. The van der Waals surface area contributed by atoms with Crippen LogP contribution in [-0.2, 0) is 4.79 Å². The maximum absolute atomic E-state index is 9.87. The first-order valence-corrected chi connectivity index (χ1v) is 2.81. The van der Waals surface area contributed by atoms with Crippen molar-refractivity contribution in [3.8, 4) is 0 Å². The maximum Gasteiger partial charge on any atom is 0.336 e. The molecule has 0 spiro atoms. The van der Waals surface area contributed by atoms with Gasteiger partial charge in [0.25, 0.3) is 0 Å². The van der Waals surface area contributed by atoms with E-state index in [1.54, 1.807) is 0 Å². The number of rotatable bonds is 2. The topological polar surface area (TPSA) is 57.5 Å². The highest BCUT2D eigenvalue weighted by Gasteiger charge is 2.04. The number of carboxylic acids is 1. The zero-order valence-corrected chi connectivity index (χ0v) is 5.96. The quantitative estimate of drug-likeness (QED) is 0.437. The molecule has 0 heterocycles. The van der Waals surface area contributed by atoms with Crippen LogP contribution in [0.1, 0.15) is 13.8 Å². The Morgan fingerprint density at radius 2 is 2.10 bits per heavy atom. The van der Waals surface area contributed by atoms with Crippen LogP contribution in [-0.4, -0.2) is 21.8 Å². The summed E-state index contributed by atoms with van der Waals surface area (Å²) in [5.41, 5.74) is 1.33. The van der Waals surface area contributed by atoms with Crippen molar-refractivity contribution in [2.75, 3.05) is 0 Å². The van der Waals surface area contributed by atoms with Crippen molar-refractivity contribution < 1.29 is 15.0 Å². The van der Waals surface area contributed by atoms with E-state index in [1.807, 2.05) is 0 Å². The second-order valence-electron chi connectivity index (χ2n) is 2.45. The molecule has 0 atom stereocenters. The van der Waals surface area contributed by atoms with Gasteiger partial charge in [0.2, 0.25) is 0 Å². The van der Waals surface area contributed by atoms with E-state index in [4.69, 9.17) is 10.2 Å². The van der Waals surface area contributed by atoms with E-state index in [1.165, 1.54) is 19.9 Å². The van der Waals surface area contributed by atoms with Gasteiger partial charge in [-0.2, -0.15) is 0 Å². The van der Waals surface area contributed by atoms with Crippen molar-refractivity contribution >= 4 is 5.97 Å². The standard InChI is InChI=1S/C7H10O3/c1-7(2,10)5-3-4-6(8)9/h4-5,10H,1-2H3,(H,8,9). The Hall–Kier alpha value is -1.05. The molecule has 0 aliphatic rings. The molecule has 0 aliphatic carbocycles. The molecule has 0 rings (SSSR count). The number of aliphatic carboxylic acids is 1. The fourth-order valence-corrected chi connectivity index (χ4v) is 0.317. The van der Waals surface area contributed by atoms with Crippen molar-refractivity contribution in [1.82, 2.24) is 0 Å². The smallest absolute Gasteiger partial charge is 0.336 e. The van der Waals surface area contributed by atoms with Crippen LogP contribution in [0, 0.1) is 0 Å². The molecule has 0 aromatic heterocycles. The van der Waals surface area contributed by atoms with Crippen LogP contribution in [0.5, 0.6) is 0 Å². The number of hydrogen-bond donors (Lipinski definition) is 2. The Bertz CT molecular complexity index is 180. The number of carbonyl (C=O) groups is 1. The largest absolute Gasteiger partial charge is 0.478 e. The molecule has 2 N–H and O–H groups in total. The lowest BCUT2D eigenvalue weighted by Gasteiger charge is -2.07. The molecular weight excluding hydrogens is 132 g/mol. The van der Waals surface area contributed by atoms with Gasteiger partial charge in [0, 0.05) is 0 Å². The van der Waals surface area contributed by atoms with Gasteiger partial charge in [0.05, 0.1) is 11.7 Å². The molecule has 10 heavy (non-hydrogen) atoms. The van der Waals surface area contributed by atoms with Crippen LogP contribution in [0.25, 0.3) is 0 Å². The summed E-state index contributed by atoms with van der Waals surface area (Å²) < 4.78 is 0. The van der Waals surface area contributed by atoms with Crippen molar-refractivity contribution in [3.63, 3.8) is 0 Å². The second-order valence-corrected chi connectivity index (χ2v) is 2.45. The molecular formula is C7H10O3. The van der Waals surface area contributed by atoms with Gasteiger partial charge >= 0.3 is 5.97 Å². The van der Waals surface area contributed by atoms with E-state index in [9.17, 15) is 4.79 Å². The third kappa shape index (κ3) is 6.95. The molecule has 0 amide bonds. The molecule has 0 bridgehead atoms. The van der Waals surface area contributed by atoms with E-state index < -0.39 is 11.6 Å². The molecule has 0 aromatic carbocycles. The van der Waals surface area contributed by atoms with E-state index >= 15 is 0 Å². The van der Waals surface area contributed by atoms with Gasteiger partial charge in [-0.05, 0) is 19.9 Å². The minimum atomic E-state index is -1.07. The summed E-state index contributed by atoms with van der Waals surface area (Å²) in [5.74, 6) is -1.07. The summed E-state index contributed by atoms with van der Waals surface area (Å²) in [4.78, 5) is 9.87. The van der Waals surface area contributed by atoms with Crippen LogP contribution < -0.4 is 0 Å². The molecule has 0 fully saturated rings. The summed E-state index contributed by atoms with van der Waals surface area (Å²) >= 11 is 0. The molecule has 56 valence electrons. The highest BCUT2D eigenvalue weighted by atomic mass is 16.4. The van der Waals surface area contributed by atoms with Crippen molar-refractivity contribution in [2.24, 2.45) is 0 Å². The van der Waals surface area contributed by atoms with Crippen LogP contribution in [0.3, 0.4) is 0 Å². The Morgan fingerprint density at radius 3 is 2.40 bits per heavy atom. The predicted molar refractivity (Wildman–Crippen MR) is 36.6 cm³/mol. The first-order valence-electron chi connectivity index (χ1n) is 2.81. The summed E-state index contributed by atoms with van der Waals surface area (Å²) in [6, 6.07) is 0. The summed E-state index contributed by atoms with van der Waals surface area (Å²) in [5, 5.41) is 17.1. The summed E-state index contributed by atoms with van der Waals surface area (Å²) in [7, 11) is 0. The van der Waals surface area contributed by atoms with Gasteiger partial charge in [0.1, 0.15) is 0 Å². The zero-order valence-electron chi connectivity index (χ0n) is 5.96. The third-order valence-corrected chi connectivity index (χ3v) is 0.643. The van der Waals surface area contributed by atoms with Gasteiger partial charge in [0.15, 0.2) is 0 Å². The molecule has 0 unspecified atom stereocenters. The zero-order chi connectivity index (χ0) is 8.20. The molecule has 0 saturated carbocycles. The number of hydrogen-bond acceptors (Lipinski definition) is 2. The molecule has 3 heteroatoms. The fraction of sp³-hybridized carbons (Fsp3) is 0.429. The Kier molecular flexibility index (Phi) is 2.87. The van der Waals surface area contributed by atoms with Crippen LogP contribution in [0.4, 0.5) is 0 Å². The molecule has 0 aromatic rings. The molecule has 0 aliphatic heterocycles. The summed E-state index contributed by atoms with van der Waals surface area (Å²) in [6.45, 7) is 3.07. The molecule has 0 radical (unpaired) electrons. The Balaban J connectivity index is 4.12. The van der Waals surface area contributed by atoms with Crippen LogP contribution >= 0.6 is 0 Å². The average Bonchev–Trinajstić information content (AvgIpc) is 1.59. The lowest BCUT2D eigenvalue weighted by atomic mass is 10.1. The molecule has 3 nitrogen and oxygen atoms in total. The van der Waals surface area contributed by atoms with Gasteiger partial charge in [-0.15, -0.1) is 5.73 Å².